The van der Waals surface area contributed by atoms with Crippen molar-refractivity contribution in [3.05, 3.63) is 60.7 Å². The highest BCUT2D eigenvalue weighted by atomic mass is 16.3. The van der Waals surface area contributed by atoms with Gasteiger partial charge in [0.05, 0.1) is 22.4 Å². The van der Waals surface area contributed by atoms with Crippen LogP contribution in [0.1, 0.15) is 18.9 Å². The zero-order valence-corrected chi connectivity index (χ0v) is 12.2. The highest BCUT2D eigenvalue weighted by Crippen LogP contribution is 2.34. The Morgan fingerprint density at radius 1 is 1.14 bits per heavy atom. The van der Waals surface area contributed by atoms with Crippen LogP contribution in [0.15, 0.2) is 54.9 Å². The number of nitrogens with zero attached hydrogens (tertiary/aromatic N) is 2. The first-order valence-electron chi connectivity index (χ1n) is 7.16. The summed E-state index contributed by atoms with van der Waals surface area (Å²) in [7, 11) is 0. The maximum Gasteiger partial charge on any atom is 0.143 e. The number of aromatic nitrogens is 2. The maximum absolute atomic E-state index is 10.1. The van der Waals surface area contributed by atoms with Gasteiger partial charge in [0.1, 0.15) is 17.7 Å². The summed E-state index contributed by atoms with van der Waals surface area (Å²) in [5.74, 6) is 1.39. The van der Waals surface area contributed by atoms with E-state index in [1.807, 2.05) is 47.0 Å². The fraction of sp³-hybridized carbons (Fsp3) is 0.118. The van der Waals surface area contributed by atoms with E-state index in [9.17, 15) is 5.11 Å². The Labute approximate surface area is 127 Å². The van der Waals surface area contributed by atoms with Crippen LogP contribution in [0.25, 0.3) is 16.7 Å². The van der Waals surface area contributed by atoms with Gasteiger partial charge in [-0.3, -0.25) is 4.57 Å². The Bertz CT molecular complexity index is 895. The molecule has 0 radical (unpaired) electrons. The van der Waals surface area contributed by atoms with Crippen LogP contribution in [0.5, 0.6) is 0 Å². The van der Waals surface area contributed by atoms with Gasteiger partial charge in [-0.05, 0) is 37.3 Å². The highest BCUT2D eigenvalue weighted by molar-refractivity contribution is 5.83. The van der Waals surface area contributed by atoms with E-state index in [0.29, 0.717) is 5.82 Å². The van der Waals surface area contributed by atoms with Crippen LogP contribution in [0.3, 0.4) is 0 Å². The summed E-state index contributed by atoms with van der Waals surface area (Å²) in [5, 5.41) is 16.4. The van der Waals surface area contributed by atoms with Crippen LogP contribution in [-0.4, -0.2) is 14.7 Å². The normalized spacial score (nSPS) is 14.5. The molecule has 0 amide bonds. The molecule has 1 atom stereocenters. The predicted octanol–water partition coefficient (Wildman–Crippen LogP) is 3.39. The second-order valence-electron chi connectivity index (χ2n) is 5.43. The van der Waals surface area contributed by atoms with Crippen molar-refractivity contribution in [2.75, 3.05) is 10.6 Å². The Morgan fingerprint density at radius 2 is 1.91 bits per heavy atom. The van der Waals surface area contributed by atoms with Crippen molar-refractivity contribution in [1.82, 2.24) is 9.55 Å². The van der Waals surface area contributed by atoms with Gasteiger partial charge >= 0.3 is 0 Å². The Kier molecular flexibility index (Phi) is 2.71. The zero-order chi connectivity index (χ0) is 15.3. The molecule has 1 aliphatic rings. The van der Waals surface area contributed by atoms with Gasteiger partial charge in [-0.1, -0.05) is 18.7 Å². The number of fused-ring (bicyclic) bond motifs is 2. The van der Waals surface area contributed by atoms with Crippen LogP contribution in [-0.2, 0) is 0 Å². The molecular formula is C17H16N4O. The fourth-order valence-electron chi connectivity index (χ4n) is 2.84. The van der Waals surface area contributed by atoms with Gasteiger partial charge in [-0.25, -0.2) is 4.98 Å². The predicted molar refractivity (Wildman–Crippen MR) is 88.1 cm³/mol. The molecular weight excluding hydrogens is 276 g/mol. The summed E-state index contributed by atoms with van der Waals surface area (Å²) in [6, 6.07) is 13.9. The first-order valence-corrected chi connectivity index (χ1v) is 7.16. The smallest absolute Gasteiger partial charge is 0.143 e. The molecule has 4 rings (SSSR count). The van der Waals surface area contributed by atoms with E-state index in [4.69, 9.17) is 0 Å². The van der Waals surface area contributed by atoms with Crippen LogP contribution < -0.4 is 10.6 Å². The number of aliphatic hydroxyl groups is 1. The lowest BCUT2D eigenvalue weighted by Crippen LogP contribution is -2.04. The molecule has 0 aliphatic carbocycles. The molecule has 2 aromatic carbocycles. The van der Waals surface area contributed by atoms with E-state index in [1.54, 1.807) is 6.92 Å². The second-order valence-corrected chi connectivity index (χ2v) is 5.43. The van der Waals surface area contributed by atoms with Crippen molar-refractivity contribution in [1.29, 1.82) is 0 Å². The highest BCUT2D eigenvalue weighted by Gasteiger charge is 2.18. The lowest BCUT2D eigenvalue weighted by Gasteiger charge is -2.12. The van der Waals surface area contributed by atoms with Crippen LogP contribution in [0.2, 0.25) is 0 Å². The molecule has 5 nitrogen and oxygen atoms in total. The topological polar surface area (TPSA) is 62.1 Å². The summed E-state index contributed by atoms with van der Waals surface area (Å²) in [4.78, 5) is 4.56. The van der Waals surface area contributed by atoms with Gasteiger partial charge in [-0.2, -0.15) is 0 Å². The lowest BCUT2D eigenvalue weighted by atomic mass is 10.2. The molecule has 0 spiro atoms. The molecule has 1 aliphatic heterocycles. The van der Waals surface area contributed by atoms with Gasteiger partial charge in [-0.15, -0.1) is 0 Å². The monoisotopic (exact) mass is 292 g/mol. The van der Waals surface area contributed by atoms with Gasteiger partial charge in [0.2, 0.25) is 0 Å². The molecule has 1 unspecified atom stereocenters. The van der Waals surface area contributed by atoms with E-state index in [-0.39, 0.29) is 0 Å². The van der Waals surface area contributed by atoms with Gasteiger partial charge in [0.25, 0.3) is 0 Å². The van der Waals surface area contributed by atoms with Crippen molar-refractivity contribution in [2.45, 2.75) is 13.0 Å². The third-order valence-corrected chi connectivity index (χ3v) is 3.79. The van der Waals surface area contributed by atoms with E-state index >= 15 is 0 Å². The van der Waals surface area contributed by atoms with Crippen LogP contribution >= 0.6 is 0 Å². The summed E-state index contributed by atoms with van der Waals surface area (Å²) in [6.45, 7) is 5.60. The van der Waals surface area contributed by atoms with Gasteiger partial charge in [0, 0.05) is 5.69 Å². The van der Waals surface area contributed by atoms with Crippen molar-refractivity contribution in [3.63, 3.8) is 0 Å². The molecule has 0 bridgehead atoms. The largest absolute Gasteiger partial charge is 0.385 e. The Balaban J connectivity index is 1.96. The quantitative estimate of drug-likeness (QED) is 0.677. The number of imidazole rings is 1. The number of para-hydroxylation sites is 2. The van der Waals surface area contributed by atoms with E-state index in [0.717, 1.165) is 33.9 Å². The first kappa shape index (κ1) is 12.9. The molecule has 2 heterocycles. The lowest BCUT2D eigenvalue weighted by molar-refractivity contribution is 0.187. The third kappa shape index (κ3) is 1.87. The SMILES string of the molecule is C=C1Nc2ccc(-n3c(C(C)O)nc4ccccc43)cc2N1. The minimum absolute atomic E-state index is 0.630. The Hall–Kier alpha value is -2.79. The summed E-state index contributed by atoms with van der Waals surface area (Å²) in [5.41, 5.74) is 4.76. The molecule has 0 saturated heterocycles. The molecule has 5 heteroatoms. The minimum Gasteiger partial charge on any atom is -0.385 e. The number of hydrogen-bond acceptors (Lipinski definition) is 4. The first-order chi connectivity index (χ1) is 10.6. The van der Waals surface area contributed by atoms with Crippen molar-refractivity contribution in [3.8, 4) is 5.69 Å². The number of nitrogens with one attached hydrogen (secondary N) is 2. The molecule has 22 heavy (non-hydrogen) atoms. The zero-order valence-electron chi connectivity index (χ0n) is 12.2. The van der Waals surface area contributed by atoms with Crippen LogP contribution in [0, 0.1) is 0 Å². The molecule has 3 N–H and O–H groups in total. The van der Waals surface area contributed by atoms with Crippen molar-refractivity contribution >= 4 is 22.4 Å². The molecule has 1 aromatic heterocycles. The van der Waals surface area contributed by atoms with Gasteiger partial charge in [0.15, 0.2) is 0 Å². The second kappa shape index (κ2) is 4.61. The fourth-order valence-corrected chi connectivity index (χ4v) is 2.84. The third-order valence-electron chi connectivity index (χ3n) is 3.79. The molecule has 0 saturated carbocycles. The minimum atomic E-state index is -0.651. The van der Waals surface area contributed by atoms with E-state index < -0.39 is 6.10 Å². The Morgan fingerprint density at radius 3 is 2.73 bits per heavy atom. The number of rotatable bonds is 2. The molecule has 110 valence electrons. The summed E-state index contributed by atoms with van der Waals surface area (Å²) >= 11 is 0. The maximum atomic E-state index is 10.1. The van der Waals surface area contributed by atoms with Crippen molar-refractivity contribution in [2.24, 2.45) is 0 Å². The van der Waals surface area contributed by atoms with E-state index in [2.05, 4.69) is 22.2 Å². The van der Waals surface area contributed by atoms with E-state index in [1.165, 1.54) is 0 Å². The number of aliphatic hydroxyl groups excluding tert-OH is 1. The summed E-state index contributed by atoms with van der Waals surface area (Å²) in [6.07, 6.45) is -0.651. The van der Waals surface area contributed by atoms with Crippen molar-refractivity contribution < 1.29 is 5.11 Å². The summed E-state index contributed by atoms with van der Waals surface area (Å²) < 4.78 is 1.99. The average molecular weight is 292 g/mol. The molecule has 3 aromatic rings. The number of hydrogen-bond donors (Lipinski definition) is 3. The number of benzene rings is 2. The number of anilines is 2. The average Bonchev–Trinajstić information content (AvgIpc) is 3.05. The standard InChI is InChI=1S/C17H16N4O/c1-10(22)17-20-14-5-3-4-6-16(14)21(17)12-7-8-13-15(9-12)19-11(2)18-13/h3-10,18-19,22H,2H2,1H3. The van der Waals surface area contributed by atoms with Crippen LogP contribution in [0.4, 0.5) is 11.4 Å². The molecule has 0 fully saturated rings. The van der Waals surface area contributed by atoms with Gasteiger partial charge < -0.3 is 15.7 Å².